The summed E-state index contributed by atoms with van der Waals surface area (Å²) in [4.78, 5) is 16.8. The Kier molecular flexibility index (Phi) is 5.93. The number of carbonyl (C=O) groups is 1. The van der Waals surface area contributed by atoms with Crippen molar-refractivity contribution in [1.29, 1.82) is 0 Å². The minimum Gasteiger partial charge on any atom is -0.493 e. The topological polar surface area (TPSA) is 83.7 Å². The molecule has 4 rings (SSSR count). The first-order valence-corrected chi connectivity index (χ1v) is 9.55. The molecule has 0 saturated heterocycles. The molecule has 0 bridgehead atoms. The summed E-state index contributed by atoms with van der Waals surface area (Å²) in [5, 5.41) is 3.99. The van der Waals surface area contributed by atoms with Crippen LogP contribution >= 0.6 is 0 Å². The number of rotatable bonds is 8. The Morgan fingerprint density at radius 2 is 1.58 bits per heavy atom. The van der Waals surface area contributed by atoms with E-state index < -0.39 is 0 Å². The van der Waals surface area contributed by atoms with E-state index in [0.29, 0.717) is 40.1 Å². The quantitative estimate of drug-likeness (QED) is 0.389. The highest BCUT2D eigenvalue weighted by Crippen LogP contribution is 2.31. The van der Waals surface area contributed by atoms with Crippen molar-refractivity contribution in [3.05, 3.63) is 89.8 Å². The fourth-order valence-electron chi connectivity index (χ4n) is 3.01. The number of ether oxygens (including phenoxy) is 3. The molecule has 3 aromatic carbocycles. The molecule has 7 nitrogen and oxygen atoms in total. The van der Waals surface area contributed by atoms with Crippen molar-refractivity contribution in [3.63, 3.8) is 0 Å². The second-order valence-corrected chi connectivity index (χ2v) is 6.59. The summed E-state index contributed by atoms with van der Waals surface area (Å²) in [6.07, 6.45) is 0. The van der Waals surface area contributed by atoms with E-state index >= 15 is 0 Å². The minimum atomic E-state index is -0.0383. The monoisotopic (exact) mass is 416 g/mol. The lowest BCUT2D eigenvalue weighted by molar-refractivity contribution is 0.103. The molecule has 0 aliphatic carbocycles. The highest BCUT2D eigenvalue weighted by Gasteiger charge is 2.13. The van der Waals surface area contributed by atoms with Gasteiger partial charge in [-0.3, -0.25) is 4.79 Å². The lowest BCUT2D eigenvalue weighted by Gasteiger charge is -2.07. The minimum absolute atomic E-state index is 0.0383. The summed E-state index contributed by atoms with van der Waals surface area (Å²) in [5.41, 5.74) is 1.97. The van der Waals surface area contributed by atoms with E-state index in [0.717, 1.165) is 5.56 Å². The van der Waals surface area contributed by atoms with Gasteiger partial charge in [0, 0.05) is 16.7 Å². The Labute approximate surface area is 179 Å². The van der Waals surface area contributed by atoms with E-state index in [9.17, 15) is 4.79 Å². The van der Waals surface area contributed by atoms with Crippen LogP contribution in [0.1, 0.15) is 21.8 Å². The average Bonchev–Trinajstić information content (AvgIpc) is 3.32. The molecule has 31 heavy (non-hydrogen) atoms. The van der Waals surface area contributed by atoms with Gasteiger partial charge in [-0.15, -0.1) is 0 Å². The molecule has 0 aliphatic heterocycles. The van der Waals surface area contributed by atoms with E-state index in [-0.39, 0.29) is 12.4 Å². The zero-order valence-corrected chi connectivity index (χ0v) is 17.1. The molecule has 0 amide bonds. The van der Waals surface area contributed by atoms with Gasteiger partial charge in [-0.25, -0.2) is 0 Å². The highest BCUT2D eigenvalue weighted by molar-refractivity contribution is 6.08. The summed E-state index contributed by atoms with van der Waals surface area (Å²) in [6, 6.07) is 21.4. The molecule has 7 heteroatoms. The molecule has 0 spiro atoms. The number of benzene rings is 3. The Balaban J connectivity index is 1.40. The molecule has 1 aromatic heterocycles. The zero-order chi connectivity index (χ0) is 21.6. The maximum atomic E-state index is 12.5. The van der Waals surface area contributed by atoms with Crippen LogP contribution < -0.4 is 14.2 Å². The molecule has 1 heterocycles. The Bertz CT molecular complexity index is 1170. The molecule has 156 valence electrons. The summed E-state index contributed by atoms with van der Waals surface area (Å²) in [6.45, 7) is 0.103. The average molecular weight is 416 g/mol. The standard InChI is InChI=1S/C24H20N2O5/c1-28-20-13-10-18(14-21(20)29-2)24-25-22(31-26-24)15-30-19-11-8-17(9-12-19)23(27)16-6-4-3-5-7-16/h3-14H,15H2,1-2H3. The number of nitrogens with zero attached hydrogens (tertiary/aromatic N) is 2. The molecular weight excluding hydrogens is 396 g/mol. The van der Waals surface area contributed by atoms with Gasteiger partial charge in [0.15, 0.2) is 23.9 Å². The van der Waals surface area contributed by atoms with Gasteiger partial charge < -0.3 is 18.7 Å². The second kappa shape index (κ2) is 9.13. The smallest absolute Gasteiger partial charge is 0.264 e. The summed E-state index contributed by atoms with van der Waals surface area (Å²) < 4.78 is 21.5. The van der Waals surface area contributed by atoms with Crippen molar-refractivity contribution in [2.75, 3.05) is 14.2 Å². The zero-order valence-electron chi connectivity index (χ0n) is 17.1. The van der Waals surface area contributed by atoms with Crippen LogP contribution in [0, 0.1) is 0 Å². The van der Waals surface area contributed by atoms with Crippen LogP contribution in [0.4, 0.5) is 0 Å². The summed E-state index contributed by atoms with van der Waals surface area (Å²) >= 11 is 0. The number of methoxy groups -OCH3 is 2. The van der Waals surface area contributed by atoms with Crippen LogP contribution in [0.3, 0.4) is 0 Å². The molecule has 0 aliphatic rings. The summed E-state index contributed by atoms with van der Waals surface area (Å²) in [5.74, 6) is 2.50. The maximum absolute atomic E-state index is 12.5. The van der Waals surface area contributed by atoms with E-state index in [1.807, 2.05) is 24.3 Å². The van der Waals surface area contributed by atoms with Crippen LogP contribution in [0.25, 0.3) is 11.4 Å². The number of carbonyl (C=O) groups excluding carboxylic acids is 1. The molecule has 0 radical (unpaired) electrons. The molecule has 4 aromatic rings. The van der Waals surface area contributed by atoms with Gasteiger partial charge in [0.1, 0.15) is 5.75 Å². The van der Waals surface area contributed by atoms with Crippen LogP contribution in [0.2, 0.25) is 0 Å². The normalized spacial score (nSPS) is 10.5. The molecular formula is C24H20N2O5. The lowest BCUT2D eigenvalue weighted by Crippen LogP contribution is -2.01. The molecule has 0 fully saturated rings. The largest absolute Gasteiger partial charge is 0.493 e. The SMILES string of the molecule is COc1ccc(-c2noc(COc3ccc(C(=O)c4ccccc4)cc3)n2)cc1OC. The number of ketones is 1. The van der Waals surface area contributed by atoms with Gasteiger partial charge in [0.2, 0.25) is 5.82 Å². The van der Waals surface area contributed by atoms with Crippen molar-refractivity contribution in [2.45, 2.75) is 6.61 Å². The third-order valence-electron chi connectivity index (χ3n) is 4.62. The van der Waals surface area contributed by atoms with Crippen LogP contribution in [-0.2, 0) is 6.61 Å². The second-order valence-electron chi connectivity index (χ2n) is 6.59. The van der Waals surface area contributed by atoms with Gasteiger partial charge >= 0.3 is 0 Å². The first-order chi connectivity index (χ1) is 15.2. The van der Waals surface area contributed by atoms with Crippen molar-refractivity contribution in [3.8, 4) is 28.6 Å². The van der Waals surface area contributed by atoms with Crippen molar-refractivity contribution in [1.82, 2.24) is 10.1 Å². The van der Waals surface area contributed by atoms with Gasteiger partial charge in [0.05, 0.1) is 14.2 Å². The Hall–Kier alpha value is -4.13. The predicted octanol–water partition coefficient (Wildman–Crippen LogP) is 4.56. The van der Waals surface area contributed by atoms with E-state index in [4.69, 9.17) is 18.7 Å². The fourth-order valence-corrected chi connectivity index (χ4v) is 3.01. The van der Waals surface area contributed by atoms with Crippen LogP contribution in [0.15, 0.2) is 77.3 Å². The predicted molar refractivity (Wildman–Crippen MR) is 113 cm³/mol. The first-order valence-electron chi connectivity index (χ1n) is 9.55. The molecule has 0 unspecified atom stereocenters. The van der Waals surface area contributed by atoms with Crippen molar-refractivity contribution in [2.24, 2.45) is 0 Å². The van der Waals surface area contributed by atoms with Crippen molar-refractivity contribution >= 4 is 5.78 Å². The van der Waals surface area contributed by atoms with E-state index in [2.05, 4.69) is 10.1 Å². The van der Waals surface area contributed by atoms with Crippen LogP contribution in [0.5, 0.6) is 17.2 Å². The third kappa shape index (κ3) is 4.56. The first kappa shape index (κ1) is 20.2. The van der Waals surface area contributed by atoms with Crippen molar-refractivity contribution < 1.29 is 23.5 Å². The van der Waals surface area contributed by atoms with E-state index in [1.165, 1.54) is 0 Å². The fraction of sp³-hybridized carbons (Fsp3) is 0.125. The van der Waals surface area contributed by atoms with Gasteiger partial charge in [-0.05, 0) is 42.5 Å². The maximum Gasteiger partial charge on any atom is 0.264 e. The summed E-state index contributed by atoms with van der Waals surface area (Å²) in [7, 11) is 3.14. The lowest BCUT2D eigenvalue weighted by atomic mass is 10.0. The van der Waals surface area contributed by atoms with E-state index in [1.54, 1.807) is 62.8 Å². The third-order valence-corrected chi connectivity index (χ3v) is 4.62. The highest BCUT2D eigenvalue weighted by atomic mass is 16.5. The van der Waals surface area contributed by atoms with Crippen LogP contribution in [-0.4, -0.2) is 30.1 Å². The van der Waals surface area contributed by atoms with Gasteiger partial charge in [0.25, 0.3) is 5.89 Å². The molecule has 0 saturated carbocycles. The number of aromatic nitrogens is 2. The van der Waals surface area contributed by atoms with Gasteiger partial charge in [-0.2, -0.15) is 4.98 Å². The van der Waals surface area contributed by atoms with Gasteiger partial charge in [-0.1, -0.05) is 35.5 Å². The Morgan fingerprint density at radius 3 is 2.29 bits per heavy atom. The number of hydrogen-bond donors (Lipinski definition) is 0. The molecule has 0 N–H and O–H groups in total. The Morgan fingerprint density at radius 1 is 0.871 bits per heavy atom. The number of hydrogen-bond acceptors (Lipinski definition) is 7. The molecule has 0 atom stereocenters.